The first-order valence-corrected chi connectivity index (χ1v) is 9.47. The Morgan fingerprint density at radius 3 is 2.21 bits per heavy atom. The third kappa shape index (κ3) is 6.50. The summed E-state index contributed by atoms with van der Waals surface area (Å²) in [5.41, 5.74) is 2.34. The molecule has 0 unspecified atom stereocenters. The van der Waals surface area contributed by atoms with Crippen molar-refractivity contribution < 1.29 is 19.1 Å². The minimum absolute atomic E-state index is 0.218. The van der Waals surface area contributed by atoms with E-state index in [4.69, 9.17) is 9.47 Å². The number of carbonyl (C=O) groups excluding carboxylic acids is 2. The van der Waals surface area contributed by atoms with Crippen LogP contribution >= 0.6 is 0 Å². The highest BCUT2D eigenvalue weighted by Crippen LogP contribution is 2.16. The van der Waals surface area contributed by atoms with Crippen LogP contribution in [0.3, 0.4) is 0 Å². The van der Waals surface area contributed by atoms with E-state index in [1.54, 1.807) is 24.3 Å². The maximum Gasteiger partial charge on any atom is 0.311 e. The van der Waals surface area contributed by atoms with Crippen LogP contribution < -0.4 is 14.8 Å². The molecule has 5 nitrogen and oxygen atoms in total. The lowest BCUT2D eigenvalue weighted by Crippen LogP contribution is -2.12. The summed E-state index contributed by atoms with van der Waals surface area (Å²) in [5, 5.41) is 2.83. The van der Waals surface area contributed by atoms with Crippen molar-refractivity contribution >= 4 is 17.6 Å². The molecule has 3 rings (SSSR count). The fourth-order valence-electron chi connectivity index (χ4n) is 2.62. The third-order valence-electron chi connectivity index (χ3n) is 4.19. The number of amides is 1. The van der Waals surface area contributed by atoms with E-state index in [2.05, 4.69) is 5.32 Å². The number of esters is 1. The molecule has 0 saturated heterocycles. The van der Waals surface area contributed by atoms with Gasteiger partial charge in [0.25, 0.3) is 5.91 Å². The van der Waals surface area contributed by atoms with Gasteiger partial charge < -0.3 is 14.8 Å². The largest absolute Gasteiger partial charge is 0.494 e. The first-order valence-electron chi connectivity index (χ1n) is 9.47. The Morgan fingerprint density at radius 2 is 1.52 bits per heavy atom. The summed E-state index contributed by atoms with van der Waals surface area (Å²) in [5.74, 6) is 0.634. The van der Waals surface area contributed by atoms with Gasteiger partial charge in [0, 0.05) is 17.7 Å². The fourth-order valence-corrected chi connectivity index (χ4v) is 2.62. The number of ether oxygens (including phenoxy) is 2. The van der Waals surface area contributed by atoms with Crippen molar-refractivity contribution in [3.63, 3.8) is 0 Å². The molecular weight excluding hydrogens is 366 g/mol. The molecule has 0 saturated carbocycles. The number of hydrogen-bond donors (Lipinski definition) is 1. The number of anilines is 1. The standard InChI is InChI=1S/C24H23NO4/c1-18-9-13-20(14-10-18)25-24(27)19-11-15-22(16-12-19)29-23(26)8-5-17-28-21-6-3-2-4-7-21/h2-4,6-7,9-16H,5,8,17H2,1H3,(H,25,27). The summed E-state index contributed by atoms with van der Waals surface area (Å²) in [6.45, 7) is 2.43. The highest BCUT2D eigenvalue weighted by atomic mass is 16.5. The van der Waals surface area contributed by atoms with Crippen LogP contribution in [-0.4, -0.2) is 18.5 Å². The number of aryl methyl sites for hydroxylation is 1. The molecule has 0 aliphatic rings. The lowest BCUT2D eigenvalue weighted by atomic mass is 10.2. The summed E-state index contributed by atoms with van der Waals surface area (Å²) in [6.07, 6.45) is 0.813. The second-order valence-corrected chi connectivity index (χ2v) is 6.58. The summed E-state index contributed by atoms with van der Waals surface area (Å²) in [7, 11) is 0. The number of benzene rings is 3. The van der Waals surface area contributed by atoms with Crippen molar-refractivity contribution in [3.8, 4) is 11.5 Å². The Labute approximate surface area is 170 Å². The van der Waals surface area contributed by atoms with Crippen LogP contribution in [0.1, 0.15) is 28.8 Å². The molecule has 0 atom stereocenters. The van der Waals surface area contributed by atoms with Gasteiger partial charge in [-0.05, 0) is 61.9 Å². The number of para-hydroxylation sites is 1. The van der Waals surface area contributed by atoms with Crippen LogP contribution in [0.4, 0.5) is 5.69 Å². The third-order valence-corrected chi connectivity index (χ3v) is 4.19. The Hall–Kier alpha value is -3.60. The maximum atomic E-state index is 12.3. The predicted octanol–water partition coefficient (Wildman–Crippen LogP) is 5.01. The summed E-state index contributed by atoms with van der Waals surface area (Å²) in [4.78, 5) is 24.2. The van der Waals surface area contributed by atoms with Crippen molar-refractivity contribution in [2.75, 3.05) is 11.9 Å². The molecule has 0 aromatic heterocycles. The molecule has 5 heteroatoms. The van der Waals surface area contributed by atoms with Gasteiger partial charge in [-0.3, -0.25) is 9.59 Å². The predicted molar refractivity (Wildman–Crippen MR) is 112 cm³/mol. The average molecular weight is 389 g/mol. The molecule has 0 aliphatic carbocycles. The van der Waals surface area contributed by atoms with Crippen molar-refractivity contribution in [1.82, 2.24) is 0 Å². The van der Waals surface area contributed by atoms with Gasteiger partial charge in [-0.15, -0.1) is 0 Å². The molecule has 1 amide bonds. The van der Waals surface area contributed by atoms with E-state index in [9.17, 15) is 9.59 Å². The number of carbonyl (C=O) groups is 2. The van der Waals surface area contributed by atoms with Crippen LogP contribution in [0.2, 0.25) is 0 Å². The van der Waals surface area contributed by atoms with E-state index in [0.29, 0.717) is 24.3 Å². The van der Waals surface area contributed by atoms with Crippen molar-refractivity contribution in [2.45, 2.75) is 19.8 Å². The second-order valence-electron chi connectivity index (χ2n) is 6.58. The minimum Gasteiger partial charge on any atom is -0.494 e. The van der Waals surface area contributed by atoms with Gasteiger partial charge in [-0.25, -0.2) is 0 Å². The molecule has 3 aromatic rings. The molecule has 1 N–H and O–H groups in total. The van der Waals surface area contributed by atoms with E-state index >= 15 is 0 Å². The molecule has 0 heterocycles. The van der Waals surface area contributed by atoms with Gasteiger partial charge in [0.1, 0.15) is 11.5 Å². The molecule has 148 valence electrons. The molecular formula is C24H23NO4. The van der Waals surface area contributed by atoms with Crippen LogP contribution in [-0.2, 0) is 4.79 Å². The van der Waals surface area contributed by atoms with Gasteiger partial charge in [0.05, 0.1) is 6.61 Å². The van der Waals surface area contributed by atoms with Gasteiger partial charge >= 0.3 is 5.97 Å². The second kappa shape index (κ2) is 10.1. The van der Waals surface area contributed by atoms with Gasteiger partial charge in [-0.2, -0.15) is 0 Å². The molecule has 0 aliphatic heterocycles. The molecule has 29 heavy (non-hydrogen) atoms. The Morgan fingerprint density at radius 1 is 0.828 bits per heavy atom. The minimum atomic E-state index is -0.335. The zero-order chi connectivity index (χ0) is 20.5. The normalized spacial score (nSPS) is 10.2. The van der Waals surface area contributed by atoms with E-state index in [-0.39, 0.29) is 18.3 Å². The van der Waals surface area contributed by atoms with E-state index in [1.165, 1.54) is 0 Å². The van der Waals surface area contributed by atoms with E-state index in [1.807, 2.05) is 61.5 Å². The first kappa shape index (κ1) is 20.1. The molecule has 0 radical (unpaired) electrons. The highest BCUT2D eigenvalue weighted by Gasteiger charge is 2.09. The molecule has 0 bridgehead atoms. The van der Waals surface area contributed by atoms with Crippen LogP contribution in [0.25, 0.3) is 0 Å². The number of rotatable bonds is 8. The molecule has 0 spiro atoms. The SMILES string of the molecule is Cc1ccc(NC(=O)c2ccc(OC(=O)CCCOc3ccccc3)cc2)cc1. The van der Waals surface area contributed by atoms with Gasteiger partial charge in [0.2, 0.25) is 0 Å². The Balaban J connectivity index is 1.42. The first-order chi connectivity index (χ1) is 14.1. The summed E-state index contributed by atoms with van der Waals surface area (Å²) >= 11 is 0. The number of hydrogen-bond acceptors (Lipinski definition) is 4. The van der Waals surface area contributed by atoms with Crippen LogP contribution in [0.5, 0.6) is 11.5 Å². The zero-order valence-electron chi connectivity index (χ0n) is 16.3. The van der Waals surface area contributed by atoms with Crippen molar-refractivity contribution in [1.29, 1.82) is 0 Å². The lowest BCUT2D eigenvalue weighted by Gasteiger charge is -2.08. The van der Waals surface area contributed by atoms with Gasteiger partial charge in [0.15, 0.2) is 0 Å². The summed E-state index contributed by atoms with van der Waals surface area (Å²) < 4.78 is 10.9. The van der Waals surface area contributed by atoms with Crippen LogP contribution in [0.15, 0.2) is 78.9 Å². The smallest absolute Gasteiger partial charge is 0.311 e. The fraction of sp³-hybridized carbons (Fsp3) is 0.167. The number of nitrogens with one attached hydrogen (secondary N) is 1. The summed E-state index contributed by atoms with van der Waals surface area (Å²) in [6, 6.07) is 23.5. The van der Waals surface area contributed by atoms with E-state index in [0.717, 1.165) is 17.0 Å². The van der Waals surface area contributed by atoms with Crippen molar-refractivity contribution in [3.05, 3.63) is 90.0 Å². The van der Waals surface area contributed by atoms with Gasteiger partial charge in [-0.1, -0.05) is 35.9 Å². The topological polar surface area (TPSA) is 64.6 Å². The lowest BCUT2D eigenvalue weighted by molar-refractivity contribution is -0.134. The van der Waals surface area contributed by atoms with E-state index < -0.39 is 0 Å². The zero-order valence-corrected chi connectivity index (χ0v) is 16.3. The monoisotopic (exact) mass is 389 g/mol. The Bertz CT molecular complexity index is 935. The molecule has 3 aromatic carbocycles. The van der Waals surface area contributed by atoms with Crippen molar-refractivity contribution in [2.24, 2.45) is 0 Å². The molecule has 0 fully saturated rings. The average Bonchev–Trinajstić information content (AvgIpc) is 2.74. The highest BCUT2D eigenvalue weighted by molar-refractivity contribution is 6.04. The maximum absolute atomic E-state index is 12.3. The Kier molecular flexibility index (Phi) is 7.00. The quantitative estimate of drug-likeness (QED) is 0.334. The van der Waals surface area contributed by atoms with Crippen LogP contribution in [0, 0.1) is 6.92 Å².